The van der Waals surface area contributed by atoms with Crippen molar-refractivity contribution < 1.29 is 14.6 Å². The van der Waals surface area contributed by atoms with Crippen LogP contribution in [-0.2, 0) is 9.53 Å². The van der Waals surface area contributed by atoms with Crippen LogP contribution in [0.4, 0.5) is 0 Å². The number of hydrogen-bond donors (Lipinski definition) is 4. The number of H-pyrrole nitrogens is 1. The smallest absolute Gasteiger partial charge is 0.306 e. The topological polar surface area (TPSA) is 103 Å². The lowest BCUT2D eigenvalue weighted by atomic mass is 9.79. The van der Waals surface area contributed by atoms with Crippen LogP contribution >= 0.6 is 0 Å². The molecular formula is C17H21N3O4. The minimum Gasteiger partial charge on any atom is -0.469 e. The van der Waals surface area contributed by atoms with Gasteiger partial charge in [-0.05, 0) is 24.4 Å². The minimum absolute atomic E-state index is 0.0212. The summed E-state index contributed by atoms with van der Waals surface area (Å²) in [5.41, 5.74) is 6.66. The highest BCUT2D eigenvalue weighted by Crippen LogP contribution is 2.34. The van der Waals surface area contributed by atoms with Crippen LogP contribution in [0.15, 0.2) is 35.1 Å². The van der Waals surface area contributed by atoms with Crippen LogP contribution < -0.4 is 16.4 Å². The molecule has 2 aromatic rings. The first kappa shape index (κ1) is 16.6. The zero-order valence-corrected chi connectivity index (χ0v) is 13.6. The Kier molecular flexibility index (Phi) is 4.66. The molecule has 0 spiro atoms. The highest BCUT2D eigenvalue weighted by atomic mass is 16.5. The van der Waals surface area contributed by atoms with Crippen molar-refractivity contribution in [3.8, 4) is 0 Å². The number of carbonyl (C=O) groups is 1. The van der Waals surface area contributed by atoms with Gasteiger partial charge in [0.1, 0.15) is 6.23 Å². The van der Waals surface area contributed by atoms with Crippen molar-refractivity contribution >= 4 is 16.9 Å². The molecule has 1 fully saturated rings. The molecule has 1 aliphatic rings. The lowest BCUT2D eigenvalue weighted by Crippen LogP contribution is -2.35. The fourth-order valence-electron chi connectivity index (χ4n) is 3.41. The van der Waals surface area contributed by atoms with Crippen LogP contribution in [0.3, 0.4) is 0 Å². The summed E-state index contributed by atoms with van der Waals surface area (Å²) < 4.78 is 4.79. The Hall–Kier alpha value is -2.22. The molecule has 1 saturated heterocycles. The minimum atomic E-state index is -0.861. The molecule has 4 atom stereocenters. The molecule has 0 saturated carbocycles. The predicted molar refractivity (Wildman–Crippen MR) is 89.2 cm³/mol. The molecule has 3 rings (SSSR count). The zero-order valence-electron chi connectivity index (χ0n) is 13.6. The van der Waals surface area contributed by atoms with Crippen LogP contribution in [0.1, 0.15) is 24.8 Å². The Morgan fingerprint density at radius 1 is 1.33 bits per heavy atom. The van der Waals surface area contributed by atoms with Gasteiger partial charge in [-0.15, -0.1) is 0 Å². The van der Waals surface area contributed by atoms with Gasteiger partial charge >= 0.3 is 5.97 Å². The number of esters is 1. The number of carbonyl (C=O) groups excluding carboxylic acids is 1. The summed E-state index contributed by atoms with van der Waals surface area (Å²) in [6.07, 6.45) is -0.839. The van der Waals surface area contributed by atoms with Crippen molar-refractivity contribution in [2.45, 2.75) is 31.5 Å². The molecule has 0 radical (unpaired) electrons. The molecule has 24 heavy (non-hydrogen) atoms. The molecule has 1 aromatic carbocycles. The summed E-state index contributed by atoms with van der Waals surface area (Å²) in [5.74, 6) is -1.23. The molecule has 1 aromatic heterocycles. The van der Waals surface area contributed by atoms with Gasteiger partial charge in [-0.25, -0.2) is 5.43 Å². The van der Waals surface area contributed by atoms with Crippen molar-refractivity contribution in [1.82, 2.24) is 15.8 Å². The van der Waals surface area contributed by atoms with E-state index < -0.39 is 18.1 Å². The standard InChI is InChI=1S/C17H21N3O4/c1-9-15(17(23)20-19-9)11(8-14(21)24-2)12-7-10-5-3-4-6-13(10)18-16(12)22/h3-7,9,11,15,17,19-20,23H,8H2,1-2H3,(H,18,22). The van der Waals surface area contributed by atoms with E-state index in [9.17, 15) is 14.7 Å². The Morgan fingerprint density at radius 2 is 2.08 bits per heavy atom. The van der Waals surface area contributed by atoms with E-state index in [1.165, 1.54) is 7.11 Å². The molecule has 4 N–H and O–H groups in total. The maximum Gasteiger partial charge on any atom is 0.306 e. The highest BCUT2D eigenvalue weighted by Gasteiger charge is 2.40. The number of hydrazine groups is 1. The summed E-state index contributed by atoms with van der Waals surface area (Å²) in [5, 5.41) is 11.1. The second-order valence-electron chi connectivity index (χ2n) is 6.13. The molecule has 0 aliphatic carbocycles. The van der Waals surface area contributed by atoms with Crippen LogP contribution in [-0.4, -0.2) is 35.4 Å². The lowest BCUT2D eigenvalue weighted by molar-refractivity contribution is -0.141. The van der Waals surface area contributed by atoms with Gasteiger partial charge in [0.2, 0.25) is 0 Å². The molecule has 2 heterocycles. The summed E-state index contributed by atoms with van der Waals surface area (Å²) >= 11 is 0. The first-order chi connectivity index (χ1) is 11.5. The monoisotopic (exact) mass is 331 g/mol. The number of fused-ring (bicyclic) bond motifs is 1. The van der Waals surface area contributed by atoms with Crippen LogP contribution in [0.25, 0.3) is 10.9 Å². The van der Waals surface area contributed by atoms with Gasteiger partial charge in [-0.1, -0.05) is 18.2 Å². The van der Waals surface area contributed by atoms with Gasteiger partial charge in [-0.3, -0.25) is 15.0 Å². The molecule has 7 heteroatoms. The normalized spacial score (nSPS) is 24.9. The van der Waals surface area contributed by atoms with E-state index in [0.29, 0.717) is 5.56 Å². The fraction of sp³-hybridized carbons (Fsp3) is 0.412. The van der Waals surface area contributed by atoms with Crippen LogP contribution in [0, 0.1) is 5.92 Å². The van der Waals surface area contributed by atoms with Gasteiger partial charge < -0.3 is 14.8 Å². The summed E-state index contributed by atoms with van der Waals surface area (Å²) in [7, 11) is 1.31. The van der Waals surface area contributed by atoms with Crippen molar-refractivity contribution in [3.63, 3.8) is 0 Å². The maximum absolute atomic E-state index is 12.6. The summed E-state index contributed by atoms with van der Waals surface area (Å²) in [4.78, 5) is 27.3. The summed E-state index contributed by atoms with van der Waals surface area (Å²) in [6.45, 7) is 1.90. The van der Waals surface area contributed by atoms with Crippen molar-refractivity contribution in [2.24, 2.45) is 5.92 Å². The lowest BCUT2D eigenvalue weighted by Gasteiger charge is -2.27. The Bertz CT molecular complexity index is 794. The Labute approximate surface area is 139 Å². The Balaban J connectivity index is 2.09. The first-order valence-electron chi connectivity index (χ1n) is 7.89. The number of hydrogen-bond acceptors (Lipinski definition) is 6. The quantitative estimate of drug-likeness (QED) is 0.612. The first-order valence-corrected chi connectivity index (χ1v) is 7.89. The maximum atomic E-state index is 12.6. The van der Waals surface area contributed by atoms with Crippen molar-refractivity contribution in [2.75, 3.05) is 7.11 Å². The number of ether oxygens (including phenoxy) is 1. The fourth-order valence-corrected chi connectivity index (χ4v) is 3.41. The summed E-state index contributed by atoms with van der Waals surface area (Å²) in [6, 6.07) is 9.14. The second kappa shape index (κ2) is 6.72. The third-order valence-corrected chi connectivity index (χ3v) is 4.66. The van der Waals surface area contributed by atoms with Crippen molar-refractivity contribution in [3.05, 3.63) is 46.2 Å². The highest BCUT2D eigenvalue weighted by molar-refractivity contribution is 5.79. The number of aromatic nitrogens is 1. The third-order valence-electron chi connectivity index (χ3n) is 4.66. The van der Waals surface area contributed by atoms with E-state index in [0.717, 1.165) is 10.9 Å². The number of para-hydroxylation sites is 1. The van der Waals surface area contributed by atoms with Crippen LogP contribution in [0.5, 0.6) is 0 Å². The van der Waals surface area contributed by atoms with Gasteiger partial charge in [0.25, 0.3) is 5.56 Å². The number of aliphatic hydroxyl groups excluding tert-OH is 1. The van der Waals surface area contributed by atoms with E-state index in [1.807, 2.05) is 31.2 Å². The average molecular weight is 331 g/mol. The van der Waals surface area contributed by atoms with E-state index in [2.05, 4.69) is 15.8 Å². The van der Waals surface area contributed by atoms with Gasteiger partial charge in [0, 0.05) is 29.0 Å². The van der Waals surface area contributed by atoms with Crippen LogP contribution in [0.2, 0.25) is 0 Å². The number of pyridine rings is 1. The van der Waals surface area contributed by atoms with Gasteiger partial charge in [0.15, 0.2) is 0 Å². The third kappa shape index (κ3) is 3.06. The molecule has 7 nitrogen and oxygen atoms in total. The number of rotatable bonds is 4. The average Bonchev–Trinajstić information content (AvgIpc) is 2.91. The predicted octanol–water partition coefficient (Wildman–Crippen LogP) is 0.606. The number of methoxy groups -OCH3 is 1. The van der Waals surface area contributed by atoms with Gasteiger partial charge in [-0.2, -0.15) is 0 Å². The molecule has 0 bridgehead atoms. The molecule has 1 aliphatic heterocycles. The second-order valence-corrected chi connectivity index (χ2v) is 6.13. The molecular weight excluding hydrogens is 310 g/mol. The van der Waals surface area contributed by atoms with E-state index in [1.54, 1.807) is 6.07 Å². The van der Waals surface area contributed by atoms with E-state index in [4.69, 9.17) is 4.74 Å². The van der Waals surface area contributed by atoms with Gasteiger partial charge in [0.05, 0.1) is 13.5 Å². The molecule has 4 unspecified atom stereocenters. The van der Waals surface area contributed by atoms with Crippen molar-refractivity contribution in [1.29, 1.82) is 0 Å². The largest absolute Gasteiger partial charge is 0.469 e. The number of aliphatic hydroxyl groups is 1. The molecule has 0 amide bonds. The van der Waals surface area contributed by atoms with E-state index in [-0.39, 0.29) is 23.9 Å². The SMILES string of the molecule is COC(=O)CC(c1cc2ccccc2[nH]c1=O)C1C(C)NNC1O. The number of nitrogens with one attached hydrogen (secondary N) is 3. The number of benzene rings is 1. The van der Waals surface area contributed by atoms with E-state index >= 15 is 0 Å². The Morgan fingerprint density at radius 3 is 2.75 bits per heavy atom. The zero-order chi connectivity index (χ0) is 17.3. The number of aromatic amines is 1. The molecule has 128 valence electrons.